The summed E-state index contributed by atoms with van der Waals surface area (Å²) in [6.45, 7) is 4.42. The normalized spacial score (nSPS) is 17.7. The number of hydrogen-bond acceptors (Lipinski definition) is 3. The molecule has 1 saturated carbocycles. The highest BCUT2D eigenvalue weighted by Gasteiger charge is 2.49. The van der Waals surface area contributed by atoms with Crippen LogP contribution >= 0.6 is 0 Å². The molecule has 1 unspecified atom stereocenters. The Bertz CT molecular complexity index is 458. The van der Waals surface area contributed by atoms with Gasteiger partial charge in [-0.05, 0) is 44.3 Å². The number of nitrogens with two attached hydrogens (primary N) is 1. The van der Waals surface area contributed by atoms with Crippen LogP contribution in [0.4, 0.5) is 0 Å². The molecule has 3 N–H and O–H groups in total. The zero-order valence-corrected chi connectivity index (χ0v) is 13.1. The first kappa shape index (κ1) is 16.0. The van der Waals surface area contributed by atoms with Crippen LogP contribution in [-0.2, 0) is 11.2 Å². The number of amides is 1. The molecule has 1 aliphatic carbocycles. The van der Waals surface area contributed by atoms with E-state index in [9.17, 15) is 4.79 Å². The minimum absolute atomic E-state index is 0.210. The fourth-order valence-electron chi connectivity index (χ4n) is 3.06. The topological polar surface area (TPSA) is 58.4 Å². The highest BCUT2D eigenvalue weighted by Crippen LogP contribution is 2.40. The summed E-state index contributed by atoms with van der Waals surface area (Å²) in [5.74, 6) is 0.188. The van der Waals surface area contributed by atoms with Gasteiger partial charge in [0.1, 0.15) is 5.54 Å². The average molecular weight is 289 g/mol. The van der Waals surface area contributed by atoms with E-state index < -0.39 is 5.54 Å². The van der Waals surface area contributed by atoms with Crippen molar-refractivity contribution < 1.29 is 4.79 Å². The summed E-state index contributed by atoms with van der Waals surface area (Å²) in [6.07, 6.45) is 3.19. The van der Waals surface area contributed by atoms with Gasteiger partial charge in [-0.25, -0.2) is 0 Å². The fourth-order valence-corrected chi connectivity index (χ4v) is 3.06. The first-order valence-corrected chi connectivity index (χ1v) is 7.86. The monoisotopic (exact) mass is 289 g/mol. The third kappa shape index (κ3) is 4.05. The maximum atomic E-state index is 12.0. The maximum absolute atomic E-state index is 12.0. The van der Waals surface area contributed by atoms with Crippen LogP contribution in [0.5, 0.6) is 0 Å². The summed E-state index contributed by atoms with van der Waals surface area (Å²) in [7, 11) is 2.07. The maximum Gasteiger partial charge on any atom is 0.239 e. The summed E-state index contributed by atoms with van der Waals surface area (Å²) in [5.41, 5.74) is 6.49. The van der Waals surface area contributed by atoms with Gasteiger partial charge in [0.15, 0.2) is 0 Å². The van der Waals surface area contributed by atoms with Crippen molar-refractivity contribution in [2.24, 2.45) is 11.7 Å². The summed E-state index contributed by atoms with van der Waals surface area (Å²) in [5, 5.41) is 3.37. The van der Waals surface area contributed by atoms with E-state index in [1.807, 2.05) is 13.0 Å². The zero-order valence-electron chi connectivity index (χ0n) is 13.1. The van der Waals surface area contributed by atoms with E-state index in [4.69, 9.17) is 5.73 Å². The molecule has 1 amide bonds. The molecule has 1 aliphatic rings. The molecule has 0 aromatic heterocycles. The van der Waals surface area contributed by atoms with Gasteiger partial charge in [0.2, 0.25) is 5.91 Å². The van der Waals surface area contributed by atoms with Crippen molar-refractivity contribution in [3.8, 4) is 0 Å². The van der Waals surface area contributed by atoms with E-state index in [1.165, 1.54) is 5.56 Å². The van der Waals surface area contributed by atoms with Gasteiger partial charge in [-0.3, -0.25) is 4.79 Å². The minimum Gasteiger partial charge on any atom is -0.368 e. The summed E-state index contributed by atoms with van der Waals surface area (Å²) < 4.78 is 0. The molecule has 2 rings (SSSR count). The van der Waals surface area contributed by atoms with Crippen LogP contribution in [0.2, 0.25) is 0 Å². The van der Waals surface area contributed by atoms with Gasteiger partial charge in [0.25, 0.3) is 0 Å². The molecule has 0 spiro atoms. The predicted octanol–water partition coefficient (Wildman–Crippen LogP) is 1.40. The highest BCUT2D eigenvalue weighted by molar-refractivity contribution is 5.86. The van der Waals surface area contributed by atoms with E-state index in [-0.39, 0.29) is 5.91 Å². The predicted molar refractivity (Wildman–Crippen MR) is 86.0 cm³/mol. The van der Waals surface area contributed by atoms with Crippen LogP contribution in [0.1, 0.15) is 25.3 Å². The number of hydrogen-bond donors (Lipinski definition) is 2. The van der Waals surface area contributed by atoms with Crippen LogP contribution in [0, 0.1) is 5.92 Å². The van der Waals surface area contributed by atoms with Gasteiger partial charge >= 0.3 is 0 Å². The summed E-state index contributed by atoms with van der Waals surface area (Å²) >= 11 is 0. The molecule has 0 bridgehead atoms. The van der Waals surface area contributed by atoms with E-state index in [1.54, 1.807) is 0 Å². The zero-order chi connectivity index (χ0) is 15.3. The van der Waals surface area contributed by atoms with E-state index >= 15 is 0 Å². The summed E-state index contributed by atoms with van der Waals surface area (Å²) in [4.78, 5) is 14.3. The van der Waals surface area contributed by atoms with Crippen molar-refractivity contribution in [2.75, 3.05) is 26.7 Å². The number of likely N-dealkylation sites (N-methyl/N-ethyl adjacent to an activating group) is 2. The Labute approximate surface area is 127 Å². The molecular weight excluding hydrogens is 262 g/mol. The van der Waals surface area contributed by atoms with Gasteiger partial charge in [-0.1, -0.05) is 37.3 Å². The molecular formula is C17H27N3O. The third-order valence-electron chi connectivity index (χ3n) is 4.35. The molecule has 4 nitrogen and oxygen atoms in total. The SMILES string of the molecule is CCNC(CN(C)CCc1ccccc1)(C(N)=O)C1CC1. The van der Waals surface area contributed by atoms with Crippen LogP contribution in [0.3, 0.4) is 0 Å². The van der Waals surface area contributed by atoms with Crippen molar-refractivity contribution in [2.45, 2.75) is 31.7 Å². The Morgan fingerprint density at radius 3 is 2.57 bits per heavy atom. The van der Waals surface area contributed by atoms with Gasteiger partial charge in [-0.15, -0.1) is 0 Å². The Morgan fingerprint density at radius 2 is 2.05 bits per heavy atom. The minimum atomic E-state index is -0.555. The highest BCUT2D eigenvalue weighted by atomic mass is 16.1. The van der Waals surface area contributed by atoms with E-state index in [2.05, 4.69) is 41.5 Å². The standard InChI is InChI=1S/C17H27N3O/c1-3-19-17(16(18)21,15-9-10-15)13-20(2)12-11-14-7-5-4-6-8-14/h4-8,15,19H,3,9-13H2,1-2H3,(H2,18,21). The van der Waals surface area contributed by atoms with Crippen LogP contribution in [0.15, 0.2) is 30.3 Å². The number of carbonyl (C=O) groups excluding carboxylic acids is 1. The second-order valence-corrected chi connectivity index (χ2v) is 6.11. The molecule has 0 radical (unpaired) electrons. The lowest BCUT2D eigenvalue weighted by Crippen LogP contribution is -2.62. The van der Waals surface area contributed by atoms with Gasteiger partial charge < -0.3 is 16.0 Å². The van der Waals surface area contributed by atoms with Gasteiger partial charge in [0.05, 0.1) is 0 Å². The number of nitrogens with one attached hydrogen (secondary N) is 1. The number of primary amides is 1. The Balaban J connectivity index is 1.94. The molecule has 4 heteroatoms. The molecule has 1 fully saturated rings. The van der Waals surface area contributed by atoms with Gasteiger partial charge in [-0.2, -0.15) is 0 Å². The quantitative estimate of drug-likeness (QED) is 0.722. The van der Waals surface area contributed by atoms with Crippen molar-refractivity contribution in [1.82, 2.24) is 10.2 Å². The number of carbonyl (C=O) groups is 1. The van der Waals surface area contributed by atoms with Crippen molar-refractivity contribution >= 4 is 5.91 Å². The molecule has 1 atom stereocenters. The van der Waals surface area contributed by atoms with Crippen LogP contribution in [-0.4, -0.2) is 43.0 Å². The van der Waals surface area contributed by atoms with Crippen LogP contribution < -0.4 is 11.1 Å². The number of rotatable bonds is 9. The van der Waals surface area contributed by atoms with E-state index in [0.29, 0.717) is 12.5 Å². The summed E-state index contributed by atoms with van der Waals surface area (Å²) in [6, 6.07) is 10.4. The Hall–Kier alpha value is -1.39. The number of nitrogens with zero attached hydrogens (tertiary/aromatic N) is 1. The molecule has 0 saturated heterocycles. The Morgan fingerprint density at radius 1 is 1.38 bits per heavy atom. The number of benzene rings is 1. The second-order valence-electron chi connectivity index (χ2n) is 6.11. The molecule has 1 aromatic rings. The fraction of sp³-hybridized carbons (Fsp3) is 0.588. The molecule has 21 heavy (non-hydrogen) atoms. The van der Waals surface area contributed by atoms with Crippen LogP contribution in [0.25, 0.3) is 0 Å². The van der Waals surface area contributed by atoms with Gasteiger partial charge in [0, 0.05) is 13.1 Å². The average Bonchev–Trinajstić information content (AvgIpc) is 3.30. The smallest absolute Gasteiger partial charge is 0.239 e. The first-order valence-electron chi connectivity index (χ1n) is 7.86. The lowest BCUT2D eigenvalue weighted by atomic mass is 9.91. The molecule has 0 heterocycles. The lowest BCUT2D eigenvalue weighted by Gasteiger charge is -2.35. The van der Waals surface area contributed by atoms with Crippen molar-refractivity contribution in [3.63, 3.8) is 0 Å². The Kier molecular flexibility index (Phi) is 5.37. The molecule has 1 aromatic carbocycles. The molecule has 0 aliphatic heterocycles. The largest absolute Gasteiger partial charge is 0.368 e. The second kappa shape index (κ2) is 7.05. The van der Waals surface area contributed by atoms with Crippen molar-refractivity contribution in [1.29, 1.82) is 0 Å². The first-order chi connectivity index (χ1) is 10.1. The third-order valence-corrected chi connectivity index (χ3v) is 4.35. The molecule has 116 valence electrons. The van der Waals surface area contributed by atoms with E-state index in [0.717, 1.165) is 32.4 Å². The lowest BCUT2D eigenvalue weighted by molar-refractivity contribution is -0.126. The van der Waals surface area contributed by atoms with Crippen molar-refractivity contribution in [3.05, 3.63) is 35.9 Å².